The Kier molecular flexibility index (Phi) is 5.79. The molecular weight excluding hydrogens is 286 g/mol. The summed E-state index contributed by atoms with van der Waals surface area (Å²) in [5, 5.41) is 11.7. The number of aliphatic carboxylic acids is 1. The van der Waals surface area contributed by atoms with E-state index in [9.17, 15) is 9.59 Å². The summed E-state index contributed by atoms with van der Waals surface area (Å²) in [6.45, 7) is 2.07. The maximum absolute atomic E-state index is 12.1. The highest BCUT2D eigenvalue weighted by Crippen LogP contribution is 2.28. The topological polar surface area (TPSA) is 66.4 Å². The summed E-state index contributed by atoms with van der Waals surface area (Å²) in [6, 6.07) is 2.03. The van der Waals surface area contributed by atoms with E-state index in [1.807, 2.05) is 6.07 Å². The van der Waals surface area contributed by atoms with Crippen LogP contribution in [0.4, 0.5) is 0 Å². The summed E-state index contributed by atoms with van der Waals surface area (Å²) < 4.78 is 0. The van der Waals surface area contributed by atoms with E-state index in [-0.39, 0.29) is 5.91 Å². The Hall–Kier alpha value is -1.36. The Morgan fingerprint density at radius 1 is 1.29 bits per heavy atom. The Morgan fingerprint density at radius 2 is 2.00 bits per heavy atom. The van der Waals surface area contributed by atoms with Gasteiger partial charge in [-0.3, -0.25) is 9.59 Å². The van der Waals surface area contributed by atoms with Crippen LogP contribution in [0.1, 0.15) is 59.1 Å². The first-order valence-electron chi connectivity index (χ1n) is 7.70. The lowest BCUT2D eigenvalue weighted by atomic mass is 10.00. The van der Waals surface area contributed by atoms with Crippen LogP contribution < -0.4 is 5.32 Å². The number of carboxylic acid groups (broad SMARTS) is 1. The molecule has 1 aliphatic carbocycles. The average Bonchev–Trinajstić information content (AvgIpc) is 2.80. The molecule has 1 atom stereocenters. The monoisotopic (exact) mass is 309 g/mol. The number of hydrogen-bond acceptors (Lipinski definition) is 3. The molecule has 2 rings (SSSR count). The van der Waals surface area contributed by atoms with E-state index < -0.39 is 11.9 Å². The number of nitrogens with one attached hydrogen (secondary N) is 1. The predicted octanol–water partition coefficient (Wildman–Crippen LogP) is 3.25. The van der Waals surface area contributed by atoms with E-state index in [1.54, 1.807) is 18.3 Å². The standard InChI is InChI=1S/C16H23NO3S/c1-11(16(19)20)8-9-17-15(18)14-10-12-6-4-2-3-5-7-13(12)21-14/h10-11H,2-9H2,1H3,(H,17,18)(H,19,20). The zero-order valence-electron chi connectivity index (χ0n) is 12.5. The van der Waals surface area contributed by atoms with Crippen molar-refractivity contribution in [3.05, 3.63) is 21.4 Å². The molecule has 0 radical (unpaired) electrons. The van der Waals surface area contributed by atoms with Gasteiger partial charge in [-0.1, -0.05) is 19.8 Å². The Bertz CT molecular complexity index is 484. The van der Waals surface area contributed by atoms with Crippen LogP contribution in [0.15, 0.2) is 6.07 Å². The Morgan fingerprint density at radius 3 is 2.71 bits per heavy atom. The third kappa shape index (κ3) is 4.56. The largest absolute Gasteiger partial charge is 0.481 e. The zero-order chi connectivity index (χ0) is 15.2. The van der Waals surface area contributed by atoms with Crippen LogP contribution in [0, 0.1) is 5.92 Å². The van der Waals surface area contributed by atoms with Crippen molar-refractivity contribution in [3.63, 3.8) is 0 Å². The number of carbonyl (C=O) groups excluding carboxylic acids is 1. The van der Waals surface area contributed by atoms with Gasteiger partial charge in [-0.2, -0.15) is 0 Å². The SMILES string of the molecule is CC(CCNC(=O)c1cc2c(s1)CCCCCC2)C(=O)O. The van der Waals surface area contributed by atoms with Gasteiger partial charge in [-0.15, -0.1) is 11.3 Å². The van der Waals surface area contributed by atoms with Gasteiger partial charge in [0.05, 0.1) is 10.8 Å². The van der Waals surface area contributed by atoms with E-state index in [1.165, 1.54) is 36.1 Å². The van der Waals surface area contributed by atoms with Gasteiger partial charge in [-0.05, 0) is 43.7 Å². The molecule has 5 heteroatoms. The van der Waals surface area contributed by atoms with Crippen molar-refractivity contribution in [2.75, 3.05) is 6.54 Å². The lowest BCUT2D eigenvalue weighted by molar-refractivity contribution is -0.141. The van der Waals surface area contributed by atoms with Crippen molar-refractivity contribution in [3.8, 4) is 0 Å². The fourth-order valence-corrected chi connectivity index (χ4v) is 3.74. The van der Waals surface area contributed by atoms with Crippen LogP contribution in [0.2, 0.25) is 0 Å². The van der Waals surface area contributed by atoms with Gasteiger partial charge in [-0.25, -0.2) is 0 Å². The van der Waals surface area contributed by atoms with Crippen LogP contribution in [0.25, 0.3) is 0 Å². The van der Waals surface area contributed by atoms with E-state index in [0.717, 1.165) is 17.7 Å². The third-order valence-electron chi connectivity index (χ3n) is 4.00. The molecule has 1 aromatic heterocycles. The number of rotatable bonds is 5. The summed E-state index contributed by atoms with van der Waals surface area (Å²) in [5.74, 6) is -1.30. The minimum absolute atomic E-state index is 0.0654. The number of hydrogen-bond donors (Lipinski definition) is 2. The van der Waals surface area contributed by atoms with Gasteiger partial charge in [0.25, 0.3) is 5.91 Å². The predicted molar refractivity (Wildman–Crippen MR) is 83.9 cm³/mol. The fourth-order valence-electron chi connectivity index (χ4n) is 2.57. The van der Waals surface area contributed by atoms with Crippen molar-refractivity contribution in [2.24, 2.45) is 5.92 Å². The van der Waals surface area contributed by atoms with Crippen molar-refractivity contribution in [2.45, 2.75) is 51.9 Å². The summed E-state index contributed by atoms with van der Waals surface area (Å²) in [7, 11) is 0. The second-order valence-corrected chi connectivity index (χ2v) is 6.89. The van der Waals surface area contributed by atoms with Gasteiger partial charge in [0.2, 0.25) is 0 Å². The molecule has 0 spiro atoms. The highest BCUT2D eigenvalue weighted by molar-refractivity contribution is 7.14. The summed E-state index contributed by atoms with van der Waals surface area (Å²) >= 11 is 1.60. The van der Waals surface area contributed by atoms with Crippen molar-refractivity contribution in [1.29, 1.82) is 0 Å². The number of carbonyl (C=O) groups is 2. The second-order valence-electron chi connectivity index (χ2n) is 5.76. The highest BCUT2D eigenvalue weighted by atomic mass is 32.1. The molecule has 1 aliphatic rings. The van der Waals surface area contributed by atoms with Crippen LogP contribution in [-0.2, 0) is 17.6 Å². The molecule has 4 nitrogen and oxygen atoms in total. The molecule has 21 heavy (non-hydrogen) atoms. The van der Waals surface area contributed by atoms with Crippen LogP contribution in [-0.4, -0.2) is 23.5 Å². The molecule has 116 valence electrons. The van der Waals surface area contributed by atoms with Crippen LogP contribution in [0.3, 0.4) is 0 Å². The highest BCUT2D eigenvalue weighted by Gasteiger charge is 2.16. The number of carboxylic acids is 1. The number of fused-ring (bicyclic) bond motifs is 1. The van der Waals surface area contributed by atoms with Gasteiger partial charge >= 0.3 is 5.97 Å². The van der Waals surface area contributed by atoms with Gasteiger partial charge in [0.1, 0.15) is 0 Å². The maximum atomic E-state index is 12.1. The molecule has 0 saturated heterocycles. The smallest absolute Gasteiger partial charge is 0.306 e. The van der Waals surface area contributed by atoms with Gasteiger partial charge in [0.15, 0.2) is 0 Å². The number of aryl methyl sites for hydroxylation is 2. The molecule has 0 aromatic carbocycles. The molecule has 0 bridgehead atoms. The second kappa shape index (κ2) is 7.59. The van der Waals surface area contributed by atoms with E-state index in [0.29, 0.717) is 13.0 Å². The lowest BCUT2D eigenvalue weighted by Gasteiger charge is -2.07. The number of thiophene rings is 1. The molecule has 0 fully saturated rings. The van der Waals surface area contributed by atoms with E-state index >= 15 is 0 Å². The van der Waals surface area contributed by atoms with Crippen molar-refractivity contribution < 1.29 is 14.7 Å². The summed E-state index contributed by atoms with van der Waals surface area (Å²) in [5.41, 5.74) is 1.34. The van der Waals surface area contributed by atoms with E-state index in [2.05, 4.69) is 5.32 Å². The first kappa shape index (κ1) is 16.0. The summed E-state index contributed by atoms with van der Waals surface area (Å²) in [4.78, 5) is 25.0. The maximum Gasteiger partial charge on any atom is 0.306 e. The Balaban J connectivity index is 1.90. The van der Waals surface area contributed by atoms with Gasteiger partial charge in [0, 0.05) is 11.4 Å². The number of amides is 1. The molecule has 1 amide bonds. The zero-order valence-corrected chi connectivity index (χ0v) is 13.3. The Labute approximate surface area is 129 Å². The normalized spacial score (nSPS) is 16.4. The quantitative estimate of drug-likeness (QED) is 0.877. The van der Waals surface area contributed by atoms with Crippen molar-refractivity contribution in [1.82, 2.24) is 5.32 Å². The van der Waals surface area contributed by atoms with Crippen LogP contribution >= 0.6 is 11.3 Å². The first-order chi connectivity index (χ1) is 10.1. The molecule has 1 unspecified atom stereocenters. The minimum atomic E-state index is -0.816. The molecular formula is C16H23NO3S. The summed E-state index contributed by atoms with van der Waals surface area (Å²) in [6.07, 6.45) is 7.62. The minimum Gasteiger partial charge on any atom is -0.481 e. The fraction of sp³-hybridized carbons (Fsp3) is 0.625. The third-order valence-corrected chi connectivity index (χ3v) is 5.24. The van der Waals surface area contributed by atoms with Crippen LogP contribution in [0.5, 0.6) is 0 Å². The van der Waals surface area contributed by atoms with Crippen molar-refractivity contribution >= 4 is 23.2 Å². The average molecular weight is 309 g/mol. The first-order valence-corrected chi connectivity index (χ1v) is 8.52. The molecule has 2 N–H and O–H groups in total. The van der Waals surface area contributed by atoms with Gasteiger partial charge < -0.3 is 10.4 Å². The van der Waals surface area contributed by atoms with E-state index in [4.69, 9.17) is 5.11 Å². The molecule has 0 saturated carbocycles. The molecule has 0 aliphatic heterocycles. The molecule has 1 heterocycles. The lowest BCUT2D eigenvalue weighted by Crippen LogP contribution is -2.26. The molecule has 1 aromatic rings.